The number of benzene rings is 2. The molecule has 0 bridgehead atoms. The average Bonchev–Trinajstić information content (AvgIpc) is 2.55. The highest BCUT2D eigenvalue weighted by Crippen LogP contribution is 2.34. The van der Waals surface area contributed by atoms with Gasteiger partial charge in [-0.1, -0.05) is 64.0 Å². The van der Waals surface area contributed by atoms with Crippen LogP contribution in [0.1, 0.15) is 35.2 Å². The molecule has 0 saturated carbocycles. The molecule has 0 spiro atoms. The molecule has 0 saturated heterocycles. The second-order valence-corrected chi connectivity index (χ2v) is 6.73. The third kappa shape index (κ3) is 3.54. The Morgan fingerprint density at radius 1 is 1.17 bits per heavy atom. The fraction of sp³-hybridized carbons (Fsp3) is 0.211. The van der Waals surface area contributed by atoms with E-state index in [4.69, 9.17) is 0 Å². The molecule has 23 heavy (non-hydrogen) atoms. The molecule has 2 N–H and O–H groups in total. The highest BCUT2D eigenvalue weighted by molar-refractivity contribution is 9.10. The summed E-state index contributed by atoms with van der Waals surface area (Å²) < 4.78 is 0.944. The molecule has 2 aromatic carbocycles. The average molecular weight is 372 g/mol. The number of carboxylic acid groups (broad SMARTS) is 1. The van der Waals surface area contributed by atoms with Crippen LogP contribution in [0.15, 0.2) is 64.7 Å². The lowest BCUT2D eigenvalue weighted by molar-refractivity contribution is -0.133. The number of halogens is 1. The Kier molecular flexibility index (Phi) is 4.64. The molecule has 0 amide bonds. The molecule has 3 rings (SSSR count). The first-order valence-electron chi connectivity index (χ1n) is 7.56. The molecule has 0 aromatic heterocycles. The number of aliphatic carboxylic acids is 1. The minimum atomic E-state index is -0.871. The van der Waals surface area contributed by atoms with Crippen molar-refractivity contribution < 1.29 is 9.90 Å². The van der Waals surface area contributed by atoms with E-state index in [9.17, 15) is 9.90 Å². The number of nitrogens with one attached hydrogen (secondary N) is 1. The molecule has 1 heterocycles. The summed E-state index contributed by atoms with van der Waals surface area (Å²) in [5, 5.41) is 13.0. The maximum Gasteiger partial charge on any atom is 0.333 e. The molecule has 2 unspecified atom stereocenters. The van der Waals surface area contributed by atoms with Crippen LogP contribution < -0.4 is 5.32 Å². The molecule has 0 fully saturated rings. The third-order valence-electron chi connectivity index (χ3n) is 4.16. The van der Waals surface area contributed by atoms with Gasteiger partial charge in [-0.15, -0.1) is 0 Å². The summed E-state index contributed by atoms with van der Waals surface area (Å²) in [6.45, 7) is 2.06. The Balaban J connectivity index is 1.95. The minimum Gasteiger partial charge on any atom is -0.478 e. The Morgan fingerprint density at radius 2 is 1.91 bits per heavy atom. The molecule has 118 valence electrons. The maximum absolute atomic E-state index is 11.6. The van der Waals surface area contributed by atoms with Crippen molar-refractivity contribution in [3.63, 3.8) is 0 Å². The van der Waals surface area contributed by atoms with Crippen molar-refractivity contribution >= 4 is 21.9 Å². The summed E-state index contributed by atoms with van der Waals surface area (Å²) in [7, 11) is 0. The van der Waals surface area contributed by atoms with Gasteiger partial charge in [-0.25, -0.2) is 4.79 Å². The van der Waals surface area contributed by atoms with Crippen LogP contribution in [0.2, 0.25) is 0 Å². The van der Waals surface area contributed by atoms with E-state index in [1.165, 1.54) is 11.1 Å². The highest BCUT2D eigenvalue weighted by Gasteiger charge is 2.29. The summed E-state index contributed by atoms with van der Waals surface area (Å²) in [4.78, 5) is 11.6. The van der Waals surface area contributed by atoms with E-state index in [1.807, 2.05) is 30.3 Å². The smallest absolute Gasteiger partial charge is 0.333 e. The zero-order chi connectivity index (χ0) is 16.4. The SMILES string of the molecule is Cc1ccc(C2CC=C(C(=O)O)C(c3cccc(Br)c3)N2)cc1. The van der Waals surface area contributed by atoms with Gasteiger partial charge in [0.25, 0.3) is 0 Å². The highest BCUT2D eigenvalue weighted by atomic mass is 79.9. The van der Waals surface area contributed by atoms with Crippen LogP contribution in [0.3, 0.4) is 0 Å². The molecule has 2 aromatic rings. The van der Waals surface area contributed by atoms with Gasteiger partial charge in [0.05, 0.1) is 11.6 Å². The summed E-state index contributed by atoms with van der Waals surface area (Å²) >= 11 is 3.46. The van der Waals surface area contributed by atoms with Gasteiger partial charge in [-0.3, -0.25) is 5.32 Å². The van der Waals surface area contributed by atoms with Crippen LogP contribution in [-0.2, 0) is 4.79 Å². The fourth-order valence-electron chi connectivity index (χ4n) is 2.93. The van der Waals surface area contributed by atoms with Crippen LogP contribution in [0, 0.1) is 6.92 Å². The predicted molar refractivity (Wildman–Crippen MR) is 94.3 cm³/mol. The van der Waals surface area contributed by atoms with E-state index in [1.54, 1.807) is 0 Å². The predicted octanol–water partition coefficient (Wildman–Crippen LogP) is 4.54. The Labute approximate surface area is 144 Å². The summed E-state index contributed by atoms with van der Waals surface area (Å²) in [5.41, 5.74) is 3.75. The van der Waals surface area contributed by atoms with Crippen molar-refractivity contribution in [1.82, 2.24) is 5.32 Å². The second kappa shape index (κ2) is 6.69. The largest absolute Gasteiger partial charge is 0.478 e. The Bertz CT molecular complexity index is 752. The van der Waals surface area contributed by atoms with Crippen molar-refractivity contribution in [2.45, 2.75) is 25.4 Å². The number of hydrogen-bond donors (Lipinski definition) is 2. The van der Waals surface area contributed by atoms with Crippen LogP contribution in [0.4, 0.5) is 0 Å². The maximum atomic E-state index is 11.6. The standard InChI is InChI=1S/C19H18BrNO2/c1-12-5-7-13(8-6-12)17-10-9-16(19(22)23)18(21-17)14-3-2-4-15(20)11-14/h2-9,11,17-18,21H,10H2,1H3,(H,22,23). The number of aryl methyl sites for hydroxylation is 1. The van der Waals surface area contributed by atoms with Gasteiger partial charge in [0.2, 0.25) is 0 Å². The number of carbonyl (C=O) groups is 1. The zero-order valence-electron chi connectivity index (χ0n) is 12.8. The monoisotopic (exact) mass is 371 g/mol. The van der Waals surface area contributed by atoms with Crippen LogP contribution >= 0.6 is 15.9 Å². The molecule has 1 aliphatic heterocycles. The van der Waals surface area contributed by atoms with E-state index >= 15 is 0 Å². The zero-order valence-corrected chi connectivity index (χ0v) is 14.4. The minimum absolute atomic E-state index is 0.114. The first-order valence-corrected chi connectivity index (χ1v) is 8.35. The fourth-order valence-corrected chi connectivity index (χ4v) is 3.34. The van der Waals surface area contributed by atoms with E-state index in [0.717, 1.165) is 10.0 Å². The molecule has 1 aliphatic rings. The normalized spacial score (nSPS) is 20.9. The number of rotatable bonds is 3. The van der Waals surface area contributed by atoms with Crippen molar-refractivity contribution in [3.05, 3.63) is 81.3 Å². The van der Waals surface area contributed by atoms with Gasteiger partial charge in [0, 0.05) is 10.5 Å². The van der Waals surface area contributed by atoms with E-state index < -0.39 is 5.97 Å². The topological polar surface area (TPSA) is 49.3 Å². The Hall–Kier alpha value is -1.91. The first-order chi connectivity index (χ1) is 11.0. The van der Waals surface area contributed by atoms with Crippen LogP contribution in [-0.4, -0.2) is 11.1 Å². The van der Waals surface area contributed by atoms with Crippen molar-refractivity contribution in [1.29, 1.82) is 0 Å². The van der Waals surface area contributed by atoms with Crippen molar-refractivity contribution in [2.75, 3.05) is 0 Å². The molecule has 4 heteroatoms. The number of carboxylic acids is 1. The molecular weight excluding hydrogens is 354 g/mol. The van der Waals surface area contributed by atoms with Crippen LogP contribution in [0.5, 0.6) is 0 Å². The molecule has 2 atom stereocenters. The van der Waals surface area contributed by atoms with Crippen molar-refractivity contribution in [3.8, 4) is 0 Å². The lowest BCUT2D eigenvalue weighted by atomic mass is 9.89. The lowest BCUT2D eigenvalue weighted by Crippen LogP contribution is -2.33. The summed E-state index contributed by atoms with van der Waals surface area (Å²) in [6.07, 6.45) is 2.52. The van der Waals surface area contributed by atoms with Crippen LogP contribution in [0.25, 0.3) is 0 Å². The number of hydrogen-bond acceptors (Lipinski definition) is 2. The molecule has 0 aliphatic carbocycles. The van der Waals surface area contributed by atoms with Gasteiger partial charge < -0.3 is 5.11 Å². The molecule has 3 nitrogen and oxygen atoms in total. The van der Waals surface area contributed by atoms with Gasteiger partial charge >= 0.3 is 5.97 Å². The third-order valence-corrected chi connectivity index (χ3v) is 4.65. The summed E-state index contributed by atoms with van der Waals surface area (Å²) in [6, 6.07) is 16.0. The molecular formula is C19H18BrNO2. The van der Waals surface area contributed by atoms with Gasteiger partial charge in [0.1, 0.15) is 0 Å². The van der Waals surface area contributed by atoms with Gasteiger partial charge in [0.15, 0.2) is 0 Å². The van der Waals surface area contributed by atoms with Gasteiger partial charge in [-0.05, 0) is 36.6 Å². The van der Waals surface area contributed by atoms with E-state index in [2.05, 4.69) is 52.4 Å². The van der Waals surface area contributed by atoms with E-state index in [-0.39, 0.29) is 12.1 Å². The second-order valence-electron chi connectivity index (χ2n) is 5.82. The summed E-state index contributed by atoms with van der Waals surface area (Å²) in [5.74, 6) is -0.871. The van der Waals surface area contributed by atoms with E-state index in [0.29, 0.717) is 12.0 Å². The quantitative estimate of drug-likeness (QED) is 0.832. The Morgan fingerprint density at radius 3 is 2.57 bits per heavy atom. The van der Waals surface area contributed by atoms with Gasteiger partial charge in [-0.2, -0.15) is 0 Å². The van der Waals surface area contributed by atoms with Crippen molar-refractivity contribution in [2.24, 2.45) is 0 Å². The lowest BCUT2D eigenvalue weighted by Gasteiger charge is -2.31. The first kappa shape index (κ1) is 16.0. The molecule has 0 radical (unpaired) electrons.